The highest BCUT2D eigenvalue weighted by atomic mass is 32.1. The highest BCUT2D eigenvalue weighted by molar-refractivity contribution is 7.10. The maximum atomic E-state index is 6.15. The Balaban J connectivity index is 1.87. The Hall–Kier alpha value is -1.17. The molecule has 0 aromatic carbocycles. The van der Waals surface area contributed by atoms with Gasteiger partial charge in [0.05, 0.1) is 12.2 Å². The molecule has 2 aromatic heterocycles. The van der Waals surface area contributed by atoms with Gasteiger partial charge < -0.3 is 10.6 Å². The fraction of sp³-hybridized carbons (Fsp3) is 0.417. The van der Waals surface area contributed by atoms with Crippen LogP contribution in [0, 0.1) is 0 Å². The summed E-state index contributed by atoms with van der Waals surface area (Å²) in [5, 5.41) is 6.23. The van der Waals surface area contributed by atoms with E-state index in [4.69, 9.17) is 5.73 Å². The summed E-state index contributed by atoms with van der Waals surface area (Å²) in [6.45, 7) is 1.74. The van der Waals surface area contributed by atoms with Crippen molar-refractivity contribution in [3.63, 3.8) is 0 Å². The summed E-state index contributed by atoms with van der Waals surface area (Å²) >= 11 is 1.72. The van der Waals surface area contributed by atoms with Gasteiger partial charge in [-0.2, -0.15) is 5.10 Å². The van der Waals surface area contributed by atoms with Gasteiger partial charge in [0, 0.05) is 36.8 Å². The first-order valence-corrected chi connectivity index (χ1v) is 6.48. The monoisotopic (exact) mass is 250 g/mol. The Morgan fingerprint density at radius 3 is 3.00 bits per heavy atom. The third kappa shape index (κ3) is 3.39. The van der Waals surface area contributed by atoms with Crippen LogP contribution in [-0.4, -0.2) is 28.3 Å². The zero-order valence-corrected chi connectivity index (χ0v) is 11.0. The molecule has 92 valence electrons. The Kier molecular flexibility index (Phi) is 3.93. The predicted octanol–water partition coefficient (Wildman–Crippen LogP) is 1.61. The Labute approximate surface area is 106 Å². The van der Waals surface area contributed by atoms with Crippen molar-refractivity contribution in [3.05, 3.63) is 40.3 Å². The third-order valence-corrected chi connectivity index (χ3v) is 3.63. The van der Waals surface area contributed by atoms with Crippen LogP contribution in [0.15, 0.2) is 29.9 Å². The molecule has 2 N–H and O–H groups in total. The maximum absolute atomic E-state index is 6.15. The topological polar surface area (TPSA) is 47.1 Å². The van der Waals surface area contributed by atoms with Crippen LogP contribution in [-0.2, 0) is 13.6 Å². The van der Waals surface area contributed by atoms with E-state index in [2.05, 4.69) is 28.5 Å². The van der Waals surface area contributed by atoms with Crippen LogP contribution >= 0.6 is 11.3 Å². The first-order chi connectivity index (χ1) is 8.15. The van der Waals surface area contributed by atoms with Gasteiger partial charge in [0.1, 0.15) is 0 Å². The minimum absolute atomic E-state index is 0.0941. The zero-order valence-electron chi connectivity index (χ0n) is 10.2. The van der Waals surface area contributed by atoms with Gasteiger partial charge in [-0.25, -0.2) is 0 Å². The summed E-state index contributed by atoms with van der Waals surface area (Å²) in [5.74, 6) is 0. The molecule has 0 fully saturated rings. The summed E-state index contributed by atoms with van der Waals surface area (Å²) in [6, 6.07) is 4.23. The number of aryl methyl sites for hydroxylation is 1. The summed E-state index contributed by atoms with van der Waals surface area (Å²) in [4.78, 5) is 3.46. The number of nitrogens with two attached hydrogens (primary N) is 1. The Morgan fingerprint density at radius 2 is 2.41 bits per heavy atom. The lowest BCUT2D eigenvalue weighted by Crippen LogP contribution is -2.28. The standard InChI is InChI=1S/C12H18N4S/c1-15(7-10-6-14-16(2)8-10)9-11(13)12-4-3-5-17-12/h3-6,8,11H,7,9,13H2,1-2H3. The largest absolute Gasteiger partial charge is 0.322 e. The molecule has 1 atom stereocenters. The van der Waals surface area contributed by atoms with Gasteiger partial charge in [0.2, 0.25) is 0 Å². The zero-order chi connectivity index (χ0) is 12.3. The Bertz CT molecular complexity index is 449. The van der Waals surface area contributed by atoms with Gasteiger partial charge >= 0.3 is 0 Å². The number of hydrogen-bond acceptors (Lipinski definition) is 4. The molecule has 4 nitrogen and oxygen atoms in total. The molecule has 0 aliphatic rings. The quantitative estimate of drug-likeness (QED) is 0.877. The highest BCUT2D eigenvalue weighted by Crippen LogP contribution is 2.17. The average Bonchev–Trinajstić information content (AvgIpc) is 2.89. The minimum Gasteiger partial charge on any atom is -0.322 e. The molecule has 0 aliphatic heterocycles. The molecule has 0 aliphatic carbocycles. The van der Waals surface area contributed by atoms with E-state index in [0.717, 1.165) is 13.1 Å². The smallest absolute Gasteiger partial charge is 0.0534 e. The average molecular weight is 250 g/mol. The molecule has 0 spiro atoms. The van der Waals surface area contributed by atoms with Crippen LogP contribution in [0.5, 0.6) is 0 Å². The van der Waals surface area contributed by atoms with Crippen LogP contribution in [0.1, 0.15) is 16.5 Å². The molecule has 0 saturated carbocycles. The van der Waals surface area contributed by atoms with E-state index in [1.807, 2.05) is 30.2 Å². The molecule has 0 radical (unpaired) electrons. The fourth-order valence-electron chi connectivity index (χ4n) is 1.86. The van der Waals surface area contributed by atoms with E-state index in [1.165, 1.54) is 10.4 Å². The normalized spacial score (nSPS) is 13.2. The van der Waals surface area contributed by atoms with Gasteiger partial charge in [-0.3, -0.25) is 4.68 Å². The second-order valence-electron chi connectivity index (χ2n) is 4.34. The van der Waals surface area contributed by atoms with E-state index in [9.17, 15) is 0 Å². The van der Waals surface area contributed by atoms with Crippen molar-refractivity contribution in [2.45, 2.75) is 12.6 Å². The van der Waals surface area contributed by atoms with Crippen LogP contribution < -0.4 is 5.73 Å². The number of thiophene rings is 1. The highest BCUT2D eigenvalue weighted by Gasteiger charge is 2.10. The molecular formula is C12H18N4S. The SMILES string of the molecule is CN(Cc1cnn(C)c1)CC(N)c1cccs1. The molecule has 0 amide bonds. The van der Waals surface area contributed by atoms with Crippen LogP contribution in [0.3, 0.4) is 0 Å². The van der Waals surface area contributed by atoms with Crippen molar-refractivity contribution >= 4 is 11.3 Å². The van der Waals surface area contributed by atoms with Gasteiger partial charge in [-0.05, 0) is 18.5 Å². The number of likely N-dealkylation sites (N-methyl/N-ethyl adjacent to an activating group) is 1. The lowest BCUT2D eigenvalue weighted by Gasteiger charge is -2.19. The number of hydrogen-bond donors (Lipinski definition) is 1. The molecule has 17 heavy (non-hydrogen) atoms. The number of aromatic nitrogens is 2. The molecular weight excluding hydrogens is 232 g/mol. The van der Waals surface area contributed by atoms with Crippen molar-refractivity contribution < 1.29 is 0 Å². The second-order valence-corrected chi connectivity index (χ2v) is 5.32. The number of nitrogens with zero attached hydrogens (tertiary/aromatic N) is 3. The molecule has 2 heterocycles. The van der Waals surface area contributed by atoms with E-state index in [0.29, 0.717) is 0 Å². The lowest BCUT2D eigenvalue weighted by molar-refractivity contribution is 0.306. The summed E-state index contributed by atoms with van der Waals surface area (Å²) in [6.07, 6.45) is 3.93. The van der Waals surface area contributed by atoms with Crippen LogP contribution in [0.25, 0.3) is 0 Å². The number of rotatable bonds is 5. The van der Waals surface area contributed by atoms with Gasteiger partial charge in [0.25, 0.3) is 0 Å². The van der Waals surface area contributed by atoms with Crippen molar-refractivity contribution in [2.24, 2.45) is 12.8 Å². The fourth-order valence-corrected chi connectivity index (χ4v) is 2.58. The van der Waals surface area contributed by atoms with Crippen molar-refractivity contribution in [1.82, 2.24) is 14.7 Å². The Morgan fingerprint density at radius 1 is 1.59 bits per heavy atom. The minimum atomic E-state index is 0.0941. The van der Waals surface area contributed by atoms with Crippen molar-refractivity contribution in [3.8, 4) is 0 Å². The molecule has 0 saturated heterocycles. The summed E-state index contributed by atoms with van der Waals surface area (Å²) in [5.41, 5.74) is 7.36. The van der Waals surface area contributed by atoms with Crippen LogP contribution in [0.4, 0.5) is 0 Å². The predicted molar refractivity (Wildman–Crippen MR) is 70.8 cm³/mol. The van der Waals surface area contributed by atoms with E-state index in [-0.39, 0.29) is 6.04 Å². The van der Waals surface area contributed by atoms with Crippen molar-refractivity contribution in [1.29, 1.82) is 0 Å². The van der Waals surface area contributed by atoms with Gasteiger partial charge in [-0.1, -0.05) is 6.07 Å². The molecule has 2 aromatic rings. The van der Waals surface area contributed by atoms with Crippen molar-refractivity contribution in [2.75, 3.05) is 13.6 Å². The summed E-state index contributed by atoms with van der Waals surface area (Å²) < 4.78 is 1.82. The van der Waals surface area contributed by atoms with Gasteiger partial charge in [-0.15, -0.1) is 11.3 Å². The molecule has 5 heteroatoms. The third-order valence-electron chi connectivity index (χ3n) is 2.63. The molecule has 0 bridgehead atoms. The van der Waals surface area contributed by atoms with E-state index in [1.54, 1.807) is 11.3 Å². The second kappa shape index (κ2) is 5.44. The summed E-state index contributed by atoms with van der Waals surface area (Å²) in [7, 11) is 4.02. The first kappa shape index (κ1) is 12.3. The molecule has 2 rings (SSSR count). The lowest BCUT2D eigenvalue weighted by atomic mass is 10.2. The first-order valence-electron chi connectivity index (χ1n) is 5.60. The molecule has 1 unspecified atom stereocenters. The maximum Gasteiger partial charge on any atom is 0.0534 e. The van der Waals surface area contributed by atoms with E-state index < -0.39 is 0 Å². The van der Waals surface area contributed by atoms with Gasteiger partial charge in [0.15, 0.2) is 0 Å². The van der Waals surface area contributed by atoms with Crippen LogP contribution in [0.2, 0.25) is 0 Å². The van der Waals surface area contributed by atoms with E-state index >= 15 is 0 Å².